The Hall–Kier alpha value is -1.29. The molecule has 1 unspecified atom stereocenters. The smallest absolute Gasteiger partial charge is 0.129 e. The first-order chi connectivity index (χ1) is 10.3. The van der Waals surface area contributed by atoms with E-state index < -0.39 is 0 Å². The Morgan fingerprint density at radius 2 is 2.05 bits per heavy atom. The maximum atomic E-state index is 5.92. The Balaban J connectivity index is 1.63. The van der Waals surface area contributed by atoms with Crippen LogP contribution in [0.5, 0.6) is 0 Å². The van der Waals surface area contributed by atoms with Crippen molar-refractivity contribution in [1.29, 1.82) is 0 Å². The normalized spacial score (nSPS) is 12.5. The van der Waals surface area contributed by atoms with Gasteiger partial charge < -0.3 is 14.5 Å². The molecule has 1 heterocycles. The van der Waals surface area contributed by atoms with Gasteiger partial charge in [0.05, 0.1) is 6.26 Å². The number of hydrogen-bond donors (Lipinski definition) is 1. The SMILES string of the molecule is CCC(NCCCOCc1ccco1)c1ccc(Cl)cc1. The van der Waals surface area contributed by atoms with Crippen molar-refractivity contribution in [1.82, 2.24) is 5.32 Å². The summed E-state index contributed by atoms with van der Waals surface area (Å²) in [5.74, 6) is 0.871. The summed E-state index contributed by atoms with van der Waals surface area (Å²) in [6, 6.07) is 12.2. The van der Waals surface area contributed by atoms with Gasteiger partial charge in [0.15, 0.2) is 0 Å². The molecule has 2 aromatic rings. The van der Waals surface area contributed by atoms with Crippen molar-refractivity contribution >= 4 is 11.6 Å². The van der Waals surface area contributed by atoms with E-state index in [1.54, 1.807) is 6.26 Å². The molecule has 4 heteroatoms. The van der Waals surface area contributed by atoms with Gasteiger partial charge >= 0.3 is 0 Å². The molecule has 1 aromatic heterocycles. The monoisotopic (exact) mass is 307 g/mol. The molecule has 0 radical (unpaired) electrons. The predicted octanol–water partition coefficient (Wildman–Crippen LogP) is 4.58. The molecule has 0 fully saturated rings. The van der Waals surface area contributed by atoms with Gasteiger partial charge in [-0.05, 0) is 49.2 Å². The Kier molecular flexibility index (Phi) is 6.80. The van der Waals surface area contributed by atoms with Crippen LogP contribution in [0.15, 0.2) is 47.1 Å². The van der Waals surface area contributed by atoms with Gasteiger partial charge in [0.1, 0.15) is 12.4 Å². The summed E-state index contributed by atoms with van der Waals surface area (Å²) in [7, 11) is 0. The van der Waals surface area contributed by atoms with E-state index in [4.69, 9.17) is 20.8 Å². The zero-order valence-electron chi connectivity index (χ0n) is 12.3. The lowest BCUT2D eigenvalue weighted by Crippen LogP contribution is -2.22. The highest BCUT2D eigenvalue weighted by Crippen LogP contribution is 2.18. The second-order valence-corrected chi connectivity index (χ2v) is 5.39. The quantitative estimate of drug-likeness (QED) is 0.689. The third kappa shape index (κ3) is 5.54. The number of nitrogens with one attached hydrogen (secondary N) is 1. The number of benzene rings is 1. The highest BCUT2D eigenvalue weighted by Gasteiger charge is 2.07. The zero-order chi connectivity index (χ0) is 14.9. The second kappa shape index (κ2) is 8.88. The van der Waals surface area contributed by atoms with E-state index in [1.807, 2.05) is 24.3 Å². The van der Waals surface area contributed by atoms with Crippen molar-refractivity contribution in [3.05, 3.63) is 59.0 Å². The summed E-state index contributed by atoms with van der Waals surface area (Å²) in [4.78, 5) is 0. The topological polar surface area (TPSA) is 34.4 Å². The van der Waals surface area contributed by atoms with Crippen LogP contribution in [0.3, 0.4) is 0 Å². The summed E-state index contributed by atoms with van der Waals surface area (Å²) in [6.45, 7) is 4.38. The second-order valence-electron chi connectivity index (χ2n) is 4.95. The molecule has 21 heavy (non-hydrogen) atoms. The van der Waals surface area contributed by atoms with E-state index in [1.165, 1.54) is 5.56 Å². The fourth-order valence-electron chi connectivity index (χ4n) is 2.21. The van der Waals surface area contributed by atoms with Gasteiger partial charge in [-0.2, -0.15) is 0 Å². The van der Waals surface area contributed by atoms with Crippen LogP contribution in [0.4, 0.5) is 0 Å². The van der Waals surface area contributed by atoms with Gasteiger partial charge in [-0.1, -0.05) is 30.7 Å². The predicted molar refractivity (Wildman–Crippen MR) is 85.5 cm³/mol. The molecule has 0 aliphatic carbocycles. The van der Waals surface area contributed by atoms with Crippen LogP contribution in [-0.4, -0.2) is 13.2 Å². The third-order valence-corrected chi connectivity index (χ3v) is 3.61. The van der Waals surface area contributed by atoms with Gasteiger partial charge in [-0.25, -0.2) is 0 Å². The molecule has 3 nitrogen and oxygen atoms in total. The summed E-state index contributed by atoms with van der Waals surface area (Å²) in [6.07, 6.45) is 3.69. The Labute approximate surface area is 131 Å². The van der Waals surface area contributed by atoms with Crippen LogP contribution in [0.2, 0.25) is 5.02 Å². The summed E-state index contributed by atoms with van der Waals surface area (Å²) >= 11 is 5.92. The Morgan fingerprint density at radius 1 is 1.24 bits per heavy atom. The highest BCUT2D eigenvalue weighted by atomic mass is 35.5. The van der Waals surface area contributed by atoms with Crippen molar-refractivity contribution in [2.75, 3.05) is 13.2 Å². The molecule has 0 saturated carbocycles. The van der Waals surface area contributed by atoms with Crippen molar-refractivity contribution in [2.24, 2.45) is 0 Å². The van der Waals surface area contributed by atoms with Gasteiger partial charge in [-0.15, -0.1) is 0 Å². The molecule has 114 valence electrons. The van der Waals surface area contributed by atoms with E-state index in [-0.39, 0.29) is 0 Å². The zero-order valence-corrected chi connectivity index (χ0v) is 13.1. The largest absolute Gasteiger partial charge is 0.467 e. The first-order valence-electron chi connectivity index (χ1n) is 7.38. The average molecular weight is 308 g/mol. The van der Waals surface area contributed by atoms with Gasteiger partial charge in [0.2, 0.25) is 0 Å². The number of furan rings is 1. The van der Waals surface area contributed by atoms with Crippen LogP contribution >= 0.6 is 11.6 Å². The average Bonchev–Trinajstić information content (AvgIpc) is 3.01. The van der Waals surface area contributed by atoms with Crippen molar-refractivity contribution in [3.8, 4) is 0 Å². The summed E-state index contributed by atoms with van der Waals surface area (Å²) in [5.41, 5.74) is 1.28. The molecular formula is C17H22ClNO2. The van der Waals surface area contributed by atoms with E-state index in [0.717, 1.165) is 36.8 Å². The van der Waals surface area contributed by atoms with Crippen LogP contribution in [0.1, 0.15) is 37.1 Å². The molecule has 1 aromatic carbocycles. The Morgan fingerprint density at radius 3 is 2.71 bits per heavy atom. The van der Waals surface area contributed by atoms with Gasteiger partial charge in [-0.3, -0.25) is 0 Å². The maximum absolute atomic E-state index is 5.92. The molecule has 0 aliphatic rings. The summed E-state index contributed by atoms with van der Waals surface area (Å²) in [5, 5.41) is 4.33. The molecule has 0 amide bonds. The molecule has 1 N–H and O–H groups in total. The van der Waals surface area contributed by atoms with Gasteiger partial charge in [0.25, 0.3) is 0 Å². The molecule has 1 atom stereocenters. The van der Waals surface area contributed by atoms with Crippen molar-refractivity contribution in [2.45, 2.75) is 32.4 Å². The molecule has 0 bridgehead atoms. The van der Waals surface area contributed by atoms with E-state index in [0.29, 0.717) is 12.6 Å². The number of hydrogen-bond acceptors (Lipinski definition) is 3. The molecule has 0 spiro atoms. The molecular weight excluding hydrogens is 286 g/mol. The minimum absolute atomic E-state index is 0.368. The van der Waals surface area contributed by atoms with E-state index in [2.05, 4.69) is 24.4 Å². The molecule has 0 saturated heterocycles. The molecule has 0 aliphatic heterocycles. The van der Waals surface area contributed by atoms with Crippen molar-refractivity contribution < 1.29 is 9.15 Å². The van der Waals surface area contributed by atoms with Crippen LogP contribution < -0.4 is 5.32 Å². The van der Waals surface area contributed by atoms with Crippen molar-refractivity contribution in [3.63, 3.8) is 0 Å². The first kappa shape index (κ1) is 16.1. The molecule has 2 rings (SSSR count). The minimum atomic E-state index is 0.368. The lowest BCUT2D eigenvalue weighted by atomic mass is 10.0. The fourth-order valence-corrected chi connectivity index (χ4v) is 2.34. The van der Waals surface area contributed by atoms with Crippen LogP contribution in [-0.2, 0) is 11.3 Å². The summed E-state index contributed by atoms with van der Waals surface area (Å²) < 4.78 is 10.8. The van der Waals surface area contributed by atoms with Gasteiger partial charge in [0, 0.05) is 17.7 Å². The number of rotatable bonds is 9. The standard InChI is InChI=1S/C17H22ClNO2/c1-2-17(14-6-8-15(18)9-7-14)19-10-4-11-20-13-16-5-3-12-21-16/h3,5-9,12,17,19H,2,4,10-11,13H2,1H3. The van der Waals surface area contributed by atoms with E-state index in [9.17, 15) is 0 Å². The number of ether oxygens (including phenoxy) is 1. The lowest BCUT2D eigenvalue weighted by Gasteiger charge is -2.17. The maximum Gasteiger partial charge on any atom is 0.129 e. The third-order valence-electron chi connectivity index (χ3n) is 3.36. The fraction of sp³-hybridized carbons (Fsp3) is 0.412. The number of halogens is 1. The highest BCUT2D eigenvalue weighted by molar-refractivity contribution is 6.30. The van der Waals surface area contributed by atoms with E-state index >= 15 is 0 Å². The first-order valence-corrected chi connectivity index (χ1v) is 7.76. The lowest BCUT2D eigenvalue weighted by molar-refractivity contribution is 0.103. The minimum Gasteiger partial charge on any atom is -0.467 e. The van der Waals surface area contributed by atoms with Crippen LogP contribution in [0, 0.1) is 0 Å². The van der Waals surface area contributed by atoms with Crippen LogP contribution in [0.25, 0.3) is 0 Å². The Bertz CT molecular complexity index is 496.